The molecule has 1 amide bonds. The summed E-state index contributed by atoms with van der Waals surface area (Å²) in [6.45, 7) is 4.34. The van der Waals surface area contributed by atoms with Gasteiger partial charge in [0.1, 0.15) is 6.61 Å². The molecule has 1 aliphatic rings. The highest BCUT2D eigenvalue weighted by Gasteiger charge is 2.13. The van der Waals surface area contributed by atoms with E-state index >= 15 is 0 Å². The van der Waals surface area contributed by atoms with E-state index in [1.807, 2.05) is 36.4 Å². The van der Waals surface area contributed by atoms with Crippen molar-refractivity contribution in [3.8, 4) is 29.0 Å². The van der Waals surface area contributed by atoms with Crippen LogP contribution in [0.3, 0.4) is 0 Å². The molecular formula is C25H24N4O4. The average Bonchev–Trinajstić information content (AvgIpc) is 2.88. The van der Waals surface area contributed by atoms with E-state index in [1.54, 1.807) is 23.9 Å². The van der Waals surface area contributed by atoms with Crippen LogP contribution in [0.5, 0.6) is 5.88 Å². The number of hydroxylamine groups is 1. The Morgan fingerprint density at radius 3 is 2.64 bits per heavy atom. The second-order valence-corrected chi connectivity index (χ2v) is 7.39. The summed E-state index contributed by atoms with van der Waals surface area (Å²) in [7, 11) is 0. The topological polar surface area (TPSA) is 96.8 Å². The fourth-order valence-corrected chi connectivity index (χ4v) is 3.33. The molecule has 0 unspecified atom stereocenters. The Morgan fingerprint density at radius 1 is 1.12 bits per heavy atom. The SMILES string of the molecule is O=C(NO)c1cc(OCCN2CCOCC2)nc(-c2ccc(C#Cc3cccnc3)cc2)c1. The van der Waals surface area contributed by atoms with Crippen LogP contribution in [0, 0.1) is 11.8 Å². The number of benzene rings is 1. The van der Waals surface area contributed by atoms with Gasteiger partial charge >= 0.3 is 0 Å². The Kier molecular flexibility index (Phi) is 7.61. The van der Waals surface area contributed by atoms with E-state index in [1.165, 1.54) is 6.07 Å². The number of amides is 1. The minimum absolute atomic E-state index is 0.254. The molecule has 1 aliphatic heterocycles. The first-order valence-electron chi connectivity index (χ1n) is 10.6. The number of nitrogens with one attached hydrogen (secondary N) is 1. The smallest absolute Gasteiger partial charge is 0.274 e. The number of carbonyl (C=O) groups excluding carboxylic acids is 1. The third-order valence-corrected chi connectivity index (χ3v) is 5.12. The normalized spacial score (nSPS) is 13.6. The molecule has 2 N–H and O–H groups in total. The highest BCUT2D eigenvalue weighted by molar-refractivity contribution is 5.94. The Hall–Kier alpha value is -3.77. The first kappa shape index (κ1) is 22.4. The van der Waals surface area contributed by atoms with Crippen molar-refractivity contribution in [2.24, 2.45) is 0 Å². The molecule has 0 aliphatic carbocycles. The molecule has 2 aromatic heterocycles. The van der Waals surface area contributed by atoms with Gasteiger partial charge in [0.25, 0.3) is 5.91 Å². The first-order valence-corrected chi connectivity index (χ1v) is 10.6. The molecule has 4 rings (SSSR count). The highest BCUT2D eigenvalue weighted by Crippen LogP contribution is 2.23. The van der Waals surface area contributed by atoms with E-state index in [2.05, 4.69) is 26.7 Å². The van der Waals surface area contributed by atoms with Gasteiger partial charge in [-0.15, -0.1) is 0 Å². The van der Waals surface area contributed by atoms with Crippen LogP contribution in [0.4, 0.5) is 0 Å². The Morgan fingerprint density at radius 2 is 1.91 bits per heavy atom. The number of hydrogen-bond acceptors (Lipinski definition) is 7. The lowest BCUT2D eigenvalue weighted by atomic mass is 10.1. The van der Waals surface area contributed by atoms with E-state index in [-0.39, 0.29) is 5.56 Å². The predicted molar refractivity (Wildman–Crippen MR) is 122 cm³/mol. The van der Waals surface area contributed by atoms with Crippen molar-refractivity contribution in [2.45, 2.75) is 0 Å². The summed E-state index contributed by atoms with van der Waals surface area (Å²) in [5.41, 5.74) is 4.96. The molecule has 0 bridgehead atoms. The average molecular weight is 444 g/mol. The summed E-state index contributed by atoms with van der Waals surface area (Å²) in [6, 6.07) is 14.4. The number of rotatable bonds is 6. The Bertz CT molecular complexity index is 1130. The van der Waals surface area contributed by atoms with Crippen molar-refractivity contribution < 1.29 is 19.5 Å². The Labute approximate surface area is 192 Å². The van der Waals surface area contributed by atoms with E-state index in [9.17, 15) is 4.79 Å². The number of carbonyl (C=O) groups is 1. The molecule has 3 heterocycles. The second-order valence-electron chi connectivity index (χ2n) is 7.39. The standard InChI is InChI=1S/C25H24N4O4/c30-25(28-31)22-16-23(27-24(17-22)33-15-12-29-10-13-32-14-11-29)21-7-5-19(6-8-21)3-4-20-2-1-9-26-18-20/h1-2,5-9,16-18,31H,10-15H2,(H,28,30). The lowest BCUT2D eigenvalue weighted by Gasteiger charge is -2.26. The number of pyridine rings is 2. The molecule has 3 aromatic rings. The number of nitrogens with zero attached hydrogens (tertiary/aromatic N) is 3. The highest BCUT2D eigenvalue weighted by atomic mass is 16.5. The van der Waals surface area contributed by atoms with Crippen LogP contribution in [-0.2, 0) is 4.74 Å². The minimum atomic E-state index is -0.629. The van der Waals surface area contributed by atoms with E-state index in [4.69, 9.17) is 14.7 Å². The molecule has 168 valence electrons. The van der Waals surface area contributed by atoms with Crippen LogP contribution in [0.25, 0.3) is 11.3 Å². The van der Waals surface area contributed by atoms with Gasteiger partial charge < -0.3 is 9.47 Å². The van der Waals surface area contributed by atoms with E-state index in [0.29, 0.717) is 18.2 Å². The molecule has 8 nitrogen and oxygen atoms in total. The number of hydrogen-bond donors (Lipinski definition) is 2. The zero-order valence-electron chi connectivity index (χ0n) is 18.0. The largest absolute Gasteiger partial charge is 0.476 e. The summed E-state index contributed by atoms with van der Waals surface area (Å²) >= 11 is 0. The third kappa shape index (κ3) is 6.37. The van der Waals surface area contributed by atoms with Gasteiger partial charge in [0.2, 0.25) is 5.88 Å². The van der Waals surface area contributed by atoms with Gasteiger partial charge in [-0.25, -0.2) is 10.5 Å². The monoisotopic (exact) mass is 444 g/mol. The van der Waals surface area contributed by atoms with Crippen LogP contribution >= 0.6 is 0 Å². The number of aromatic nitrogens is 2. The lowest BCUT2D eigenvalue weighted by Crippen LogP contribution is -2.38. The molecule has 0 radical (unpaired) electrons. The molecular weight excluding hydrogens is 420 g/mol. The summed E-state index contributed by atoms with van der Waals surface area (Å²) in [4.78, 5) is 22.9. The summed E-state index contributed by atoms with van der Waals surface area (Å²) in [6.07, 6.45) is 3.42. The maximum atomic E-state index is 12.1. The van der Waals surface area contributed by atoms with Crippen molar-refractivity contribution in [1.82, 2.24) is 20.3 Å². The van der Waals surface area contributed by atoms with Crippen LogP contribution in [0.15, 0.2) is 60.9 Å². The van der Waals surface area contributed by atoms with Crippen molar-refractivity contribution in [3.63, 3.8) is 0 Å². The second kappa shape index (κ2) is 11.2. The molecule has 33 heavy (non-hydrogen) atoms. The number of morpholine rings is 1. The van der Waals surface area contributed by atoms with Crippen LogP contribution in [0.2, 0.25) is 0 Å². The summed E-state index contributed by atoms with van der Waals surface area (Å²) in [5.74, 6) is 5.86. The van der Waals surface area contributed by atoms with Crippen LogP contribution in [-0.4, -0.2) is 65.4 Å². The quantitative estimate of drug-likeness (QED) is 0.342. The van der Waals surface area contributed by atoms with Crippen molar-refractivity contribution >= 4 is 5.91 Å². The van der Waals surface area contributed by atoms with Crippen LogP contribution < -0.4 is 10.2 Å². The first-order chi connectivity index (χ1) is 16.2. The van der Waals surface area contributed by atoms with Gasteiger partial charge in [-0.3, -0.25) is 19.9 Å². The maximum absolute atomic E-state index is 12.1. The molecule has 1 saturated heterocycles. The molecule has 1 aromatic carbocycles. The van der Waals surface area contributed by atoms with Gasteiger partial charge in [0.05, 0.1) is 18.9 Å². The minimum Gasteiger partial charge on any atom is -0.476 e. The molecule has 8 heteroatoms. The van der Waals surface area contributed by atoms with Crippen molar-refractivity contribution in [3.05, 3.63) is 77.6 Å². The van der Waals surface area contributed by atoms with E-state index < -0.39 is 5.91 Å². The van der Waals surface area contributed by atoms with Gasteiger partial charge in [-0.2, -0.15) is 0 Å². The van der Waals surface area contributed by atoms with Crippen molar-refractivity contribution in [1.29, 1.82) is 0 Å². The van der Waals surface area contributed by atoms with Gasteiger partial charge in [0.15, 0.2) is 0 Å². The zero-order chi connectivity index (χ0) is 22.9. The zero-order valence-corrected chi connectivity index (χ0v) is 18.0. The third-order valence-electron chi connectivity index (χ3n) is 5.12. The van der Waals surface area contributed by atoms with Gasteiger partial charge in [-0.1, -0.05) is 24.0 Å². The molecule has 0 atom stereocenters. The molecule has 1 fully saturated rings. The molecule has 0 saturated carbocycles. The predicted octanol–water partition coefficient (Wildman–Crippen LogP) is 2.37. The lowest BCUT2D eigenvalue weighted by molar-refractivity contribution is 0.0320. The number of ether oxygens (including phenoxy) is 2. The van der Waals surface area contributed by atoms with Crippen LogP contribution in [0.1, 0.15) is 21.5 Å². The Balaban J connectivity index is 1.50. The van der Waals surface area contributed by atoms with E-state index in [0.717, 1.165) is 49.5 Å². The summed E-state index contributed by atoms with van der Waals surface area (Å²) in [5, 5.41) is 9.08. The fourth-order valence-electron chi connectivity index (χ4n) is 3.33. The van der Waals surface area contributed by atoms with Gasteiger partial charge in [0, 0.05) is 60.3 Å². The fraction of sp³-hybridized carbons (Fsp3) is 0.240. The summed E-state index contributed by atoms with van der Waals surface area (Å²) < 4.78 is 11.2. The maximum Gasteiger partial charge on any atom is 0.274 e. The van der Waals surface area contributed by atoms with Gasteiger partial charge in [-0.05, 0) is 30.3 Å². The molecule has 0 spiro atoms. The van der Waals surface area contributed by atoms with Crippen molar-refractivity contribution in [2.75, 3.05) is 39.5 Å².